The Kier molecular flexibility index (Phi) is 3.58. The summed E-state index contributed by atoms with van der Waals surface area (Å²) < 4.78 is 17.7. The zero-order valence-corrected chi connectivity index (χ0v) is 16.2. The van der Waals surface area contributed by atoms with Gasteiger partial charge in [-0.1, -0.05) is 0 Å². The van der Waals surface area contributed by atoms with Crippen LogP contribution < -0.4 is 15.8 Å². The van der Waals surface area contributed by atoms with Crippen LogP contribution in [0.2, 0.25) is 0 Å². The van der Waals surface area contributed by atoms with Crippen molar-refractivity contribution in [3.05, 3.63) is 47.7 Å². The Bertz CT molecular complexity index is 1070. The van der Waals surface area contributed by atoms with Crippen LogP contribution in [0, 0.1) is 16.7 Å². The molecule has 3 aliphatic rings. The second-order valence-electron chi connectivity index (χ2n) is 8.13. The van der Waals surface area contributed by atoms with Crippen LogP contribution in [0.4, 0.5) is 11.5 Å². The minimum Gasteiger partial charge on any atom is -0.487 e. The highest BCUT2D eigenvalue weighted by atomic mass is 16.5. The fraction of sp³-hybridized carbons (Fsp3) is 0.381. The number of aliphatic imine (C=N–C) groups is 1. The van der Waals surface area contributed by atoms with E-state index < -0.39 is 16.6 Å². The Morgan fingerprint density at radius 1 is 1.21 bits per heavy atom. The van der Waals surface area contributed by atoms with Gasteiger partial charge in [0.25, 0.3) is 6.02 Å². The molecule has 0 saturated carbocycles. The van der Waals surface area contributed by atoms with Crippen LogP contribution in [0.3, 0.4) is 0 Å². The molecule has 148 valence electrons. The fourth-order valence-electron chi connectivity index (χ4n) is 4.59. The number of nitrogens with one attached hydrogen (secondary N) is 1. The third-order valence-corrected chi connectivity index (χ3v) is 6.35. The molecule has 1 atom stereocenters. The van der Waals surface area contributed by atoms with Gasteiger partial charge in [-0.05, 0) is 44.2 Å². The number of pyridine rings is 1. The van der Waals surface area contributed by atoms with Crippen LogP contribution in [0.1, 0.15) is 25.0 Å². The van der Waals surface area contributed by atoms with Gasteiger partial charge in [0.2, 0.25) is 0 Å². The Morgan fingerprint density at radius 3 is 2.69 bits per heavy atom. The fourth-order valence-corrected chi connectivity index (χ4v) is 4.59. The normalized spacial score (nSPS) is 25.2. The van der Waals surface area contributed by atoms with Gasteiger partial charge in [-0.15, -0.1) is 0 Å². The van der Waals surface area contributed by atoms with Gasteiger partial charge in [-0.3, -0.25) is 0 Å². The average molecular weight is 391 g/mol. The highest BCUT2D eigenvalue weighted by Crippen LogP contribution is 2.62. The molecule has 1 unspecified atom stereocenters. The van der Waals surface area contributed by atoms with Gasteiger partial charge in [-0.2, -0.15) is 5.26 Å². The lowest BCUT2D eigenvalue weighted by molar-refractivity contribution is -0.247. The largest absolute Gasteiger partial charge is 0.487 e. The molecule has 1 fully saturated rings. The monoisotopic (exact) mass is 391 g/mol. The Hall–Kier alpha value is -3.31. The van der Waals surface area contributed by atoms with Gasteiger partial charge in [0.15, 0.2) is 0 Å². The van der Waals surface area contributed by atoms with Crippen molar-refractivity contribution in [3.63, 3.8) is 0 Å². The minimum absolute atomic E-state index is 0.176. The molecule has 3 N–H and O–H groups in total. The van der Waals surface area contributed by atoms with Crippen molar-refractivity contribution in [1.82, 2.24) is 4.98 Å². The Balaban J connectivity index is 1.64. The summed E-state index contributed by atoms with van der Waals surface area (Å²) in [5.74, 6) is 1.23. The van der Waals surface area contributed by atoms with E-state index >= 15 is 0 Å². The molecule has 2 aromatic rings. The maximum absolute atomic E-state index is 9.34. The number of ether oxygens (including phenoxy) is 3. The number of anilines is 2. The van der Waals surface area contributed by atoms with Crippen molar-refractivity contribution in [3.8, 4) is 11.8 Å². The third kappa shape index (κ3) is 2.28. The first-order valence-electron chi connectivity index (χ1n) is 9.42. The van der Waals surface area contributed by atoms with Crippen molar-refractivity contribution < 1.29 is 14.2 Å². The number of hydrogen-bond acceptors (Lipinski definition) is 8. The number of aromatic nitrogens is 1. The second-order valence-corrected chi connectivity index (χ2v) is 8.13. The lowest BCUT2D eigenvalue weighted by Crippen LogP contribution is -2.71. The highest BCUT2D eigenvalue weighted by Gasteiger charge is 2.71. The van der Waals surface area contributed by atoms with E-state index in [9.17, 15) is 5.26 Å². The first-order valence-corrected chi connectivity index (χ1v) is 9.42. The molecule has 5 rings (SSSR count). The summed E-state index contributed by atoms with van der Waals surface area (Å²) in [6.07, 6.45) is 1.64. The van der Waals surface area contributed by atoms with Gasteiger partial charge in [0.1, 0.15) is 35.4 Å². The Labute approximate surface area is 168 Å². The summed E-state index contributed by atoms with van der Waals surface area (Å²) in [6.45, 7) is 5.47. The van der Waals surface area contributed by atoms with Crippen LogP contribution in [0.15, 0.2) is 41.5 Å². The minimum atomic E-state index is -0.702. The summed E-state index contributed by atoms with van der Waals surface area (Å²) in [4.78, 5) is 9.07. The molecule has 29 heavy (non-hydrogen) atoms. The first kappa shape index (κ1) is 17.8. The third-order valence-electron chi connectivity index (χ3n) is 6.35. The molecular weight excluding hydrogens is 370 g/mol. The molecular formula is C21H21N5O3. The SMILES string of the molecule is CC1(C)Oc2ccc(Nc3ncccc3C#N)cc2C2(COC(N)=N2)C12COC2. The van der Waals surface area contributed by atoms with E-state index in [0.717, 1.165) is 17.0 Å². The van der Waals surface area contributed by atoms with Crippen LogP contribution >= 0.6 is 0 Å². The number of amidine groups is 1. The number of benzene rings is 1. The number of nitrogens with zero attached hydrogens (tertiary/aromatic N) is 3. The zero-order chi connectivity index (χ0) is 20.3. The number of hydrogen-bond donors (Lipinski definition) is 2. The van der Waals surface area contributed by atoms with Crippen molar-refractivity contribution in [2.75, 3.05) is 25.1 Å². The number of nitrogens with two attached hydrogens (primary N) is 1. The van der Waals surface area contributed by atoms with E-state index in [1.165, 1.54) is 0 Å². The molecule has 3 aliphatic heterocycles. The molecule has 1 saturated heterocycles. The standard InChI is InChI=1S/C21H21N5O3/c1-19(2)20(10-27-11-20)21(12-28-18(23)26-21)15-8-14(5-6-16(15)29-19)25-17-13(9-22)4-3-7-24-17/h3-8H,10-12H2,1-2H3,(H2,23,26)(H,24,25). The summed E-state index contributed by atoms with van der Waals surface area (Å²) in [7, 11) is 0. The molecule has 0 bridgehead atoms. The molecule has 0 radical (unpaired) electrons. The van der Waals surface area contributed by atoms with Gasteiger partial charge >= 0.3 is 0 Å². The van der Waals surface area contributed by atoms with E-state index in [1.54, 1.807) is 18.3 Å². The average Bonchev–Trinajstić information content (AvgIpc) is 3.03. The molecule has 2 spiro atoms. The van der Waals surface area contributed by atoms with Crippen molar-refractivity contribution in [2.45, 2.75) is 25.0 Å². The van der Waals surface area contributed by atoms with Crippen LogP contribution in [0.5, 0.6) is 5.75 Å². The van der Waals surface area contributed by atoms with Crippen molar-refractivity contribution in [1.29, 1.82) is 5.26 Å². The summed E-state index contributed by atoms with van der Waals surface area (Å²) in [5, 5.41) is 12.6. The van der Waals surface area contributed by atoms with E-state index in [-0.39, 0.29) is 6.02 Å². The number of nitriles is 1. The van der Waals surface area contributed by atoms with Crippen molar-refractivity contribution >= 4 is 17.5 Å². The van der Waals surface area contributed by atoms with E-state index in [1.807, 2.05) is 18.2 Å². The van der Waals surface area contributed by atoms with E-state index in [2.05, 4.69) is 30.2 Å². The predicted octanol–water partition coefficient (Wildman–Crippen LogP) is 2.42. The lowest BCUT2D eigenvalue weighted by Gasteiger charge is -2.61. The summed E-state index contributed by atoms with van der Waals surface area (Å²) in [5.41, 5.74) is 6.49. The van der Waals surface area contributed by atoms with Gasteiger partial charge in [0.05, 0.1) is 24.2 Å². The summed E-state index contributed by atoms with van der Waals surface area (Å²) in [6, 6.07) is 11.6. The Morgan fingerprint density at radius 2 is 2.03 bits per heavy atom. The van der Waals surface area contributed by atoms with E-state index in [0.29, 0.717) is 31.2 Å². The maximum Gasteiger partial charge on any atom is 0.283 e. The van der Waals surface area contributed by atoms with Gasteiger partial charge in [-0.25, -0.2) is 9.98 Å². The van der Waals surface area contributed by atoms with Gasteiger partial charge in [0, 0.05) is 17.4 Å². The number of rotatable bonds is 2. The maximum atomic E-state index is 9.34. The topological polar surface area (TPSA) is 115 Å². The van der Waals surface area contributed by atoms with Gasteiger partial charge < -0.3 is 25.3 Å². The molecule has 1 aromatic carbocycles. The highest BCUT2D eigenvalue weighted by molar-refractivity contribution is 5.76. The molecule has 8 nitrogen and oxygen atoms in total. The molecule has 1 aromatic heterocycles. The van der Waals surface area contributed by atoms with Crippen LogP contribution in [-0.4, -0.2) is 36.4 Å². The number of fused-ring (bicyclic) bond motifs is 3. The molecule has 0 amide bonds. The summed E-state index contributed by atoms with van der Waals surface area (Å²) >= 11 is 0. The van der Waals surface area contributed by atoms with Crippen molar-refractivity contribution in [2.24, 2.45) is 16.1 Å². The van der Waals surface area contributed by atoms with Crippen LogP contribution in [-0.2, 0) is 15.0 Å². The predicted molar refractivity (Wildman–Crippen MR) is 106 cm³/mol. The molecule has 4 heterocycles. The van der Waals surface area contributed by atoms with Crippen LogP contribution in [0.25, 0.3) is 0 Å². The quantitative estimate of drug-likeness (QED) is 0.808. The second kappa shape index (κ2) is 5.84. The smallest absolute Gasteiger partial charge is 0.283 e. The zero-order valence-electron chi connectivity index (χ0n) is 16.2. The van der Waals surface area contributed by atoms with E-state index in [4.69, 9.17) is 24.9 Å². The lowest BCUT2D eigenvalue weighted by atomic mass is 9.55. The molecule has 0 aliphatic carbocycles. The molecule has 8 heteroatoms. The first-order chi connectivity index (χ1) is 13.9.